The molecule has 1 atom stereocenters. The van der Waals surface area contributed by atoms with Gasteiger partial charge in [0.25, 0.3) is 5.91 Å². The minimum absolute atomic E-state index is 0.0693. The Hall–Kier alpha value is -1.84. The van der Waals surface area contributed by atoms with E-state index in [-0.39, 0.29) is 11.8 Å². The Labute approximate surface area is 113 Å². The average Bonchev–Trinajstić information content (AvgIpc) is 2.36. The van der Waals surface area contributed by atoms with Crippen molar-refractivity contribution in [2.24, 2.45) is 0 Å². The van der Waals surface area contributed by atoms with Crippen LogP contribution in [-0.4, -0.2) is 24.8 Å². The zero-order valence-corrected chi connectivity index (χ0v) is 11.8. The highest BCUT2D eigenvalue weighted by atomic mass is 16.5. The highest BCUT2D eigenvalue weighted by Crippen LogP contribution is 2.38. The molecule has 0 saturated carbocycles. The third-order valence-corrected chi connectivity index (χ3v) is 3.55. The Balaban J connectivity index is 2.41. The highest BCUT2D eigenvalue weighted by molar-refractivity contribution is 6.02. The lowest BCUT2D eigenvalue weighted by atomic mass is 9.96. The second-order valence-corrected chi connectivity index (χ2v) is 5.51. The number of ether oxygens (including phenoxy) is 1. The van der Waals surface area contributed by atoms with Gasteiger partial charge in [-0.25, -0.2) is 0 Å². The van der Waals surface area contributed by atoms with E-state index in [1.807, 2.05) is 25.1 Å². The summed E-state index contributed by atoms with van der Waals surface area (Å²) in [6.45, 7) is 5.51. The molecule has 1 unspecified atom stereocenters. The predicted molar refractivity (Wildman–Crippen MR) is 73.7 cm³/mol. The summed E-state index contributed by atoms with van der Waals surface area (Å²) in [5.41, 5.74) is 0.964. The molecule has 2 rings (SSSR count). The van der Waals surface area contributed by atoms with Crippen molar-refractivity contribution in [2.45, 2.75) is 38.7 Å². The summed E-state index contributed by atoms with van der Waals surface area (Å²) in [5, 5.41) is 0. The number of carbonyl (C=O) groups excluding carboxylic acids is 2. The van der Waals surface area contributed by atoms with Crippen LogP contribution < -0.4 is 9.64 Å². The first-order chi connectivity index (χ1) is 8.86. The van der Waals surface area contributed by atoms with Crippen LogP contribution in [0.2, 0.25) is 0 Å². The van der Waals surface area contributed by atoms with Crippen molar-refractivity contribution in [3.63, 3.8) is 0 Å². The first kappa shape index (κ1) is 13.6. The van der Waals surface area contributed by atoms with Gasteiger partial charge in [-0.1, -0.05) is 13.0 Å². The number of benzene rings is 1. The third-order valence-electron chi connectivity index (χ3n) is 3.55. The van der Waals surface area contributed by atoms with Crippen molar-refractivity contribution in [3.8, 4) is 5.75 Å². The largest absolute Gasteiger partial charge is 0.476 e. The van der Waals surface area contributed by atoms with Crippen molar-refractivity contribution in [3.05, 3.63) is 23.8 Å². The molecule has 1 aromatic rings. The van der Waals surface area contributed by atoms with Gasteiger partial charge in [0.1, 0.15) is 12.0 Å². The van der Waals surface area contributed by atoms with Gasteiger partial charge in [-0.05, 0) is 37.5 Å². The van der Waals surface area contributed by atoms with Crippen LogP contribution in [-0.2, 0) is 9.59 Å². The van der Waals surface area contributed by atoms with Gasteiger partial charge in [0.05, 0.1) is 5.69 Å². The fourth-order valence-corrected chi connectivity index (χ4v) is 2.30. The van der Waals surface area contributed by atoms with Crippen molar-refractivity contribution in [1.29, 1.82) is 0 Å². The molecule has 0 saturated heterocycles. The number of hydrogen-bond donors (Lipinski definition) is 0. The zero-order valence-electron chi connectivity index (χ0n) is 11.8. The zero-order chi connectivity index (χ0) is 14.2. The molecule has 0 aliphatic carbocycles. The molecule has 1 aromatic carbocycles. The molecule has 1 aliphatic rings. The number of carbonyl (C=O) groups is 2. The van der Waals surface area contributed by atoms with E-state index in [1.165, 1.54) is 0 Å². The number of likely N-dealkylation sites (N-methyl/N-ethyl adjacent to an activating group) is 1. The van der Waals surface area contributed by atoms with Crippen LogP contribution >= 0.6 is 0 Å². The first-order valence-corrected chi connectivity index (χ1v) is 6.41. The van der Waals surface area contributed by atoms with Gasteiger partial charge in [0.2, 0.25) is 0 Å². The number of amides is 1. The van der Waals surface area contributed by atoms with Crippen LogP contribution in [0, 0.1) is 0 Å². The van der Waals surface area contributed by atoms with Gasteiger partial charge >= 0.3 is 0 Å². The number of hydrogen-bond acceptors (Lipinski definition) is 3. The minimum Gasteiger partial charge on any atom is -0.476 e. The van der Waals surface area contributed by atoms with Crippen molar-refractivity contribution >= 4 is 17.9 Å². The number of nitrogens with zero attached hydrogens (tertiary/aromatic N) is 1. The summed E-state index contributed by atoms with van der Waals surface area (Å²) in [7, 11) is 1.75. The average molecular weight is 261 g/mol. The van der Waals surface area contributed by atoms with Gasteiger partial charge in [-0.2, -0.15) is 0 Å². The molecule has 1 aliphatic heterocycles. The molecular formula is C15H19NO3. The van der Waals surface area contributed by atoms with Crippen LogP contribution in [0.1, 0.15) is 38.7 Å². The maximum absolute atomic E-state index is 12.2. The normalized spacial score (nSPS) is 18.5. The van der Waals surface area contributed by atoms with Crippen LogP contribution in [0.15, 0.2) is 18.2 Å². The molecule has 4 nitrogen and oxygen atoms in total. The Morgan fingerprint density at radius 3 is 2.74 bits per heavy atom. The van der Waals surface area contributed by atoms with Crippen molar-refractivity contribution in [1.82, 2.24) is 0 Å². The lowest BCUT2D eigenvalue weighted by molar-refractivity contribution is -0.132. The van der Waals surface area contributed by atoms with E-state index in [0.29, 0.717) is 12.2 Å². The number of fused-ring (bicyclic) bond motifs is 1. The van der Waals surface area contributed by atoms with Crippen LogP contribution in [0.4, 0.5) is 5.69 Å². The summed E-state index contributed by atoms with van der Waals surface area (Å²) in [5.74, 6) is 0.774. The second-order valence-electron chi connectivity index (χ2n) is 5.51. The van der Waals surface area contributed by atoms with E-state index in [2.05, 4.69) is 0 Å². The molecule has 0 fully saturated rings. The molecule has 0 spiro atoms. The maximum atomic E-state index is 12.2. The highest BCUT2D eigenvalue weighted by Gasteiger charge is 2.39. The van der Waals surface area contributed by atoms with Crippen molar-refractivity contribution in [2.75, 3.05) is 11.9 Å². The molecule has 0 bridgehead atoms. The summed E-state index contributed by atoms with van der Waals surface area (Å²) >= 11 is 0. The van der Waals surface area contributed by atoms with Crippen molar-refractivity contribution < 1.29 is 14.3 Å². The number of aldehydes is 1. The van der Waals surface area contributed by atoms with Gasteiger partial charge < -0.3 is 14.4 Å². The number of rotatable bonds is 3. The molecule has 4 heteroatoms. The van der Waals surface area contributed by atoms with Crippen LogP contribution in [0.25, 0.3) is 0 Å². The molecule has 1 amide bonds. The Morgan fingerprint density at radius 1 is 1.42 bits per heavy atom. The van der Waals surface area contributed by atoms with Crippen LogP contribution in [0.5, 0.6) is 5.75 Å². The topological polar surface area (TPSA) is 46.6 Å². The lowest BCUT2D eigenvalue weighted by Gasteiger charge is -2.37. The molecular weight excluding hydrogens is 242 g/mol. The smallest absolute Gasteiger partial charge is 0.270 e. The predicted octanol–water partition coefficient (Wildman–Crippen LogP) is 2.51. The van der Waals surface area contributed by atoms with E-state index in [4.69, 9.17) is 4.74 Å². The molecule has 1 heterocycles. The van der Waals surface area contributed by atoms with E-state index in [1.54, 1.807) is 25.8 Å². The standard InChI is InChI=1S/C15H19NO3/c1-10(7-8-17)11-5-6-13-12(9-11)16(4)14(18)15(2,3)19-13/h5-6,8-10H,7H2,1-4H3. The van der Waals surface area contributed by atoms with E-state index in [0.717, 1.165) is 17.5 Å². The van der Waals surface area contributed by atoms with Gasteiger partial charge in [0.15, 0.2) is 5.60 Å². The monoisotopic (exact) mass is 261 g/mol. The van der Waals surface area contributed by atoms with Gasteiger partial charge in [-0.15, -0.1) is 0 Å². The Morgan fingerprint density at radius 2 is 2.11 bits per heavy atom. The van der Waals surface area contributed by atoms with E-state index >= 15 is 0 Å². The Kier molecular flexibility index (Phi) is 3.35. The van der Waals surface area contributed by atoms with Crippen LogP contribution in [0.3, 0.4) is 0 Å². The Bertz CT molecular complexity index is 522. The fourth-order valence-electron chi connectivity index (χ4n) is 2.30. The first-order valence-electron chi connectivity index (χ1n) is 6.41. The summed E-state index contributed by atoms with van der Waals surface area (Å²) in [6, 6.07) is 5.75. The third kappa shape index (κ3) is 2.35. The SMILES string of the molecule is CC(CC=O)c1ccc2c(c1)N(C)C(=O)C(C)(C)O2. The molecule has 102 valence electrons. The minimum atomic E-state index is -0.836. The lowest BCUT2D eigenvalue weighted by Crippen LogP contribution is -2.50. The van der Waals surface area contributed by atoms with E-state index < -0.39 is 5.60 Å². The summed E-state index contributed by atoms with van der Waals surface area (Å²) in [4.78, 5) is 24.4. The van der Waals surface area contributed by atoms with E-state index in [9.17, 15) is 9.59 Å². The molecule has 0 aromatic heterocycles. The summed E-state index contributed by atoms with van der Waals surface area (Å²) in [6.07, 6.45) is 1.39. The maximum Gasteiger partial charge on any atom is 0.270 e. The summed E-state index contributed by atoms with van der Waals surface area (Å²) < 4.78 is 5.74. The molecule has 19 heavy (non-hydrogen) atoms. The molecule has 0 N–H and O–H groups in total. The fraction of sp³-hybridized carbons (Fsp3) is 0.467. The van der Waals surface area contributed by atoms with Gasteiger partial charge in [0, 0.05) is 13.5 Å². The quantitative estimate of drug-likeness (QED) is 0.785. The molecule has 0 radical (unpaired) electrons. The number of anilines is 1. The van der Waals surface area contributed by atoms with Gasteiger partial charge in [-0.3, -0.25) is 4.79 Å². The second kappa shape index (κ2) is 4.68.